The lowest BCUT2D eigenvalue weighted by Gasteiger charge is -2.01. The van der Waals surface area contributed by atoms with Gasteiger partial charge in [0.1, 0.15) is 17.2 Å². The minimum Gasteiger partial charge on any atom is -0.459 e. The van der Waals surface area contributed by atoms with Crippen molar-refractivity contribution in [1.82, 2.24) is 20.2 Å². The van der Waals surface area contributed by atoms with Gasteiger partial charge in [0.25, 0.3) is 0 Å². The fourth-order valence-electron chi connectivity index (χ4n) is 1.95. The number of tetrazole rings is 1. The first-order valence-electron chi connectivity index (χ1n) is 5.79. The van der Waals surface area contributed by atoms with Crippen molar-refractivity contribution in [1.29, 1.82) is 0 Å². The van der Waals surface area contributed by atoms with Crippen LogP contribution in [0, 0.1) is 12.7 Å². The van der Waals surface area contributed by atoms with Crippen LogP contribution >= 0.6 is 0 Å². The molecule has 6 nitrogen and oxygen atoms in total. The number of anilines is 1. The molecule has 0 saturated heterocycles. The van der Waals surface area contributed by atoms with Gasteiger partial charge in [0.05, 0.1) is 6.54 Å². The zero-order valence-corrected chi connectivity index (χ0v) is 10.5. The van der Waals surface area contributed by atoms with Crippen LogP contribution in [-0.4, -0.2) is 20.2 Å². The topological polar surface area (TPSA) is 68.8 Å². The number of furan rings is 1. The maximum Gasteiger partial charge on any atom is 0.243 e. The molecule has 0 aliphatic rings. The van der Waals surface area contributed by atoms with Gasteiger partial charge in [0.2, 0.25) is 5.95 Å². The molecule has 0 spiro atoms. The van der Waals surface area contributed by atoms with Crippen LogP contribution in [0.1, 0.15) is 11.3 Å². The molecule has 7 heteroatoms. The summed E-state index contributed by atoms with van der Waals surface area (Å²) < 4.78 is 20.4. The average molecular weight is 261 g/mol. The molecule has 0 amide bonds. The number of hydrogen-bond acceptors (Lipinski definition) is 5. The van der Waals surface area contributed by atoms with Gasteiger partial charge in [-0.3, -0.25) is 0 Å². The van der Waals surface area contributed by atoms with E-state index >= 15 is 0 Å². The van der Waals surface area contributed by atoms with Crippen molar-refractivity contribution in [3.05, 3.63) is 35.3 Å². The van der Waals surface area contributed by atoms with Gasteiger partial charge in [-0.2, -0.15) is 0 Å². The SMILES string of the molecule is Cc1c(CNc2nnnn2C)oc2ccc(F)cc12. The van der Waals surface area contributed by atoms with E-state index in [4.69, 9.17) is 4.42 Å². The van der Waals surface area contributed by atoms with Gasteiger partial charge in [-0.1, -0.05) is 5.10 Å². The third-order valence-electron chi connectivity index (χ3n) is 3.02. The predicted molar refractivity (Wildman–Crippen MR) is 67.0 cm³/mol. The van der Waals surface area contributed by atoms with E-state index in [2.05, 4.69) is 20.8 Å². The minimum absolute atomic E-state index is 0.270. The molecule has 0 bridgehead atoms. The number of nitrogens with zero attached hydrogens (tertiary/aromatic N) is 4. The molecule has 1 aromatic carbocycles. The quantitative estimate of drug-likeness (QED) is 0.781. The number of fused-ring (bicyclic) bond motifs is 1. The molecule has 3 aromatic rings. The van der Waals surface area contributed by atoms with E-state index in [0.29, 0.717) is 18.1 Å². The summed E-state index contributed by atoms with van der Waals surface area (Å²) in [6.45, 7) is 2.34. The number of hydrogen-bond donors (Lipinski definition) is 1. The molecular weight excluding hydrogens is 249 g/mol. The summed E-state index contributed by atoms with van der Waals surface area (Å²) in [6, 6.07) is 4.49. The van der Waals surface area contributed by atoms with Crippen molar-refractivity contribution in [2.75, 3.05) is 5.32 Å². The Bertz CT molecular complexity index is 733. The molecule has 0 aliphatic heterocycles. The fraction of sp³-hybridized carbons (Fsp3) is 0.250. The summed E-state index contributed by atoms with van der Waals surface area (Å²) >= 11 is 0. The zero-order chi connectivity index (χ0) is 13.4. The molecule has 1 N–H and O–H groups in total. The summed E-state index contributed by atoms with van der Waals surface area (Å²) in [5.74, 6) is 1.02. The zero-order valence-electron chi connectivity index (χ0n) is 10.5. The predicted octanol–water partition coefficient (Wildman–Crippen LogP) is 2.02. The smallest absolute Gasteiger partial charge is 0.243 e. The first-order chi connectivity index (χ1) is 9.15. The van der Waals surface area contributed by atoms with Crippen molar-refractivity contribution in [2.45, 2.75) is 13.5 Å². The number of rotatable bonds is 3. The van der Waals surface area contributed by atoms with Crippen LogP contribution in [0.5, 0.6) is 0 Å². The highest BCUT2D eigenvalue weighted by molar-refractivity contribution is 5.82. The number of nitrogens with one attached hydrogen (secondary N) is 1. The van der Waals surface area contributed by atoms with Crippen LogP contribution in [0.25, 0.3) is 11.0 Å². The lowest BCUT2D eigenvalue weighted by molar-refractivity contribution is 0.553. The van der Waals surface area contributed by atoms with Gasteiger partial charge < -0.3 is 9.73 Å². The molecule has 0 atom stereocenters. The maximum absolute atomic E-state index is 13.2. The highest BCUT2D eigenvalue weighted by Crippen LogP contribution is 2.26. The van der Waals surface area contributed by atoms with Crippen LogP contribution < -0.4 is 5.32 Å². The lowest BCUT2D eigenvalue weighted by atomic mass is 10.1. The van der Waals surface area contributed by atoms with Crippen LogP contribution in [0.3, 0.4) is 0 Å². The van der Waals surface area contributed by atoms with E-state index in [1.54, 1.807) is 13.1 Å². The molecule has 0 unspecified atom stereocenters. The van der Waals surface area contributed by atoms with Crippen molar-refractivity contribution < 1.29 is 8.81 Å². The molecule has 0 radical (unpaired) electrons. The lowest BCUT2D eigenvalue weighted by Crippen LogP contribution is -2.05. The van der Waals surface area contributed by atoms with E-state index in [1.165, 1.54) is 16.8 Å². The van der Waals surface area contributed by atoms with E-state index in [9.17, 15) is 4.39 Å². The molecule has 19 heavy (non-hydrogen) atoms. The number of aryl methyl sites for hydroxylation is 2. The van der Waals surface area contributed by atoms with Gasteiger partial charge in [0, 0.05) is 18.0 Å². The molecule has 0 aliphatic carbocycles. The normalized spacial score (nSPS) is 11.1. The van der Waals surface area contributed by atoms with E-state index in [-0.39, 0.29) is 5.82 Å². The molecule has 0 fully saturated rings. The third kappa shape index (κ3) is 2.03. The molecule has 0 saturated carbocycles. The second-order valence-electron chi connectivity index (χ2n) is 4.27. The number of benzene rings is 1. The van der Waals surface area contributed by atoms with E-state index < -0.39 is 0 Å². The summed E-state index contributed by atoms with van der Waals surface area (Å²) in [4.78, 5) is 0. The molecule has 2 heterocycles. The van der Waals surface area contributed by atoms with Crippen molar-refractivity contribution >= 4 is 16.9 Å². The minimum atomic E-state index is -0.270. The largest absolute Gasteiger partial charge is 0.459 e. The number of aromatic nitrogens is 4. The second-order valence-corrected chi connectivity index (χ2v) is 4.27. The first-order valence-corrected chi connectivity index (χ1v) is 5.79. The Labute approximate surface area is 108 Å². The Morgan fingerprint density at radius 2 is 2.26 bits per heavy atom. The first kappa shape index (κ1) is 11.6. The van der Waals surface area contributed by atoms with E-state index in [1.807, 2.05) is 6.92 Å². The van der Waals surface area contributed by atoms with Crippen molar-refractivity contribution in [3.8, 4) is 0 Å². The second kappa shape index (κ2) is 4.34. The molecular formula is C12H12FN5O. The summed E-state index contributed by atoms with van der Waals surface area (Å²) in [5.41, 5.74) is 1.59. The summed E-state index contributed by atoms with van der Waals surface area (Å²) in [6.07, 6.45) is 0. The molecule has 2 aromatic heterocycles. The van der Waals surface area contributed by atoms with Crippen molar-refractivity contribution in [2.24, 2.45) is 7.05 Å². The number of halogens is 1. The highest BCUT2D eigenvalue weighted by atomic mass is 19.1. The van der Waals surface area contributed by atoms with Crippen molar-refractivity contribution in [3.63, 3.8) is 0 Å². The molecule has 98 valence electrons. The molecule has 3 rings (SSSR count). The Morgan fingerprint density at radius 1 is 1.42 bits per heavy atom. The van der Waals surface area contributed by atoms with Gasteiger partial charge in [-0.25, -0.2) is 9.07 Å². The van der Waals surface area contributed by atoms with E-state index in [0.717, 1.165) is 16.7 Å². The average Bonchev–Trinajstić information content (AvgIpc) is 2.93. The Balaban J connectivity index is 1.89. The Hall–Kier alpha value is -2.44. The summed E-state index contributed by atoms with van der Waals surface area (Å²) in [5, 5.41) is 14.9. The van der Waals surface area contributed by atoms with Gasteiger partial charge in [0.15, 0.2) is 0 Å². The van der Waals surface area contributed by atoms with Crippen LogP contribution in [-0.2, 0) is 13.6 Å². The Morgan fingerprint density at radius 3 is 3.00 bits per heavy atom. The summed E-state index contributed by atoms with van der Waals surface area (Å²) in [7, 11) is 1.74. The van der Waals surface area contributed by atoms with Crippen LogP contribution in [0.15, 0.2) is 22.6 Å². The van der Waals surface area contributed by atoms with Gasteiger partial charge in [-0.15, -0.1) is 0 Å². The monoisotopic (exact) mass is 261 g/mol. The fourth-order valence-corrected chi connectivity index (χ4v) is 1.95. The van der Waals surface area contributed by atoms with Crippen LogP contribution in [0.2, 0.25) is 0 Å². The highest BCUT2D eigenvalue weighted by Gasteiger charge is 2.12. The third-order valence-corrected chi connectivity index (χ3v) is 3.02. The Kier molecular flexibility index (Phi) is 2.66. The van der Waals surface area contributed by atoms with Gasteiger partial charge >= 0.3 is 0 Å². The standard InChI is InChI=1S/C12H12FN5O/c1-7-9-5-8(13)3-4-10(9)19-11(7)6-14-12-15-16-17-18(12)2/h3-5H,6H2,1-2H3,(H,14,15,17). The van der Waals surface area contributed by atoms with Crippen LogP contribution in [0.4, 0.5) is 10.3 Å². The maximum atomic E-state index is 13.2. The van der Waals surface area contributed by atoms with Gasteiger partial charge in [-0.05, 0) is 35.5 Å².